The van der Waals surface area contributed by atoms with Gasteiger partial charge >= 0.3 is 0 Å². The fourth-order valence-corrected chi connectivity index (χ4v) is 2.22. The van der Waals surface area contributed by atoms with Gasteiger partial charge in [-0.2, -0.15) is 5.10 Å². The number of rotatable bonds is 3. The first-order valence-electron chi connectivity index (χ1n) is 6.47. The molecule has 0 saturated carbocycles. The topological polar surface area (TPSA) is 81.4 Å². The van der Waals surface area contributed by atoms with E-state index in [4.69, 9.17) is 9.26 Å². The second-order valence-electron chi connectivity index (χ2n) is 4.57. The minimum absolute atomic E-state index is 0.0766. The minimum Gasteiger partial charge on any atom is -0.471 e. The SMILES string of the molecule is O=C(c1ccno1)N1CCC[C@H](Oc2cccnn2)C1. The van der Waals surface area contributed by atoms with E-state index in [1.54, 1.807) is 29.3 Å². The van der Waals surface area contributed by atoms with Crippen LogP contribution in [0.5, 0.6) is 5.88 Å². The zero-order chi connectivity index (χ0) is 13.8. The second kappa shape index (κ2) is 5.68. The Kier molecular flexibility index (Phi) is 3.58. The quantitative estimate of drug-likeness (QED) is 0.835. The third-order valence-corrected chi connectivity index (χ3v) is 3.15. The molecule has 0 spiro atoms. The Morgan fingerprint density at radius 2 is 2.35 bits per heavy atom. The highest BCUT2D eigenvalue weighted by Gasteiger charge is 2.27. The van der Waals surface area contributed by atoms with Gasteiger partial charge in [0.2, 0.25) is 11.6 Å². The summed E-state index contributed by atoms with van der Waals surface area (Å²) in [6.45, 7) is 1.20. The maximum Gasteiger partial charge on any atom is 0.292 e. The van der Waals surface area contributed by atoms with Crippen LogP contribution in [0.2, 0.25) is 0 Å². The number of hydrogen-bond acceptors (Lipinski definition) is 6. The summed E-state index contributed by atoms with van der Waals surface area (Å²) in [5.74, 6) is 0.576. The largest absolute Gasteiger partial charge is 0.471 e. The summed E-state index contributed by atoms with van der Waals surface area (Å²) < 4.78 is 10.6. The fraction of sp³-hybridized carbons (Fsp3) is 0.385. The summed E-state index contributed by atoms with van der Waals surface area (Å²) in [6, 6.07) is 5.09. The molecular weight excluding hydrogens is 260 g/mol. The molecule has 2 aromatic rings. The lowest BCUT2D eigenvalue weighted by Gasteiger charge is -2.31. The molecule has 0 aromatic carbocycles. The molecule has 0 unspecified atom stereocenters. The van der Waals surface area contributed by atoms with E-state index < -0.39 is 0 Å². The van der Waals surface area contributed by atoms with Crippen LogP contribution in [0.4, 0.5) is 0 Å². The summed E-state index contributed by atoms with van der Waals surface area (Å²) in [5, 5.41) is 11.2. The van der Waals surface area contributed by atoms with E-state index in [1.165, 1.54) is 6.20 Å². The molecule has 1 fully saturated rings. The first kappa shape index (κ1) is 12.6. The van der Waals surface area contributed by atoms with Crippen LogP contribution in [0.15, 0.2) is 35.1 Å². The van der Waals surface area contributed by atoms with Gasteiger partial charge in [-0.15, -0.1) is 5.10 Å². The highest BCUT2D eigenvalue weighted by Crippen LogP contribution is 2.17. The summed E-state index contributed by atoms with van der Waals surface area (Å²) in [4.78, 5) is 13.9. The number of hydrogen-bond donors (Lipinski definition) is 0. The molecule has 2 aromatic heterocycles. The van der Waals surface area contributed by atoms with Crippen molar-refractivity contribution in [2.45, 2.75) is 18.9 Å². The Morgan fingerprint density at radius 3 is 3.10 bits per heavy atom. The van der Waals surface area contributed by atoms with Crippen molar-refractivity contribution in [2.24, 2.45) is 0 Å². The zero-order valence-electron chi connectivity index (χ0n) is 10.8. The van der Waals surface area contributed by atoms with Gasteiger partial charge < -0.3 is 14.2 Å². The number of nitrogens with zero attached hydrogens (tertiary/aromatic N) is 4. The van der Waals surface area contributed by atoms with E-state index in [-0.39, 0.29) is 17.8 Å². The van der Waals surface area contributed by atoms with E-state index in [0.29, 0.717) is 19.0 Å². The van der Waals surface area contributed by atoms with Gasteiger partial charge in [-0.3, -0.25) is 4.79 Å². The molecule has 3 rings (SSSR count). The number of amides is 1. The van der Waals surface area contributed by atoms with Crippen LogP contribution in [0.1, 0.15) is 23.4 Å². The number of carbonyl (C=O) groups is 1. The van der Waals surface area contributed by atoms with Crippen LogP contribution in [-0.2, 0) is 0 Å². The standard InChI is InChI=1S/C13H14N4O3/c18-13(11-5-7-15-20-11)17-8-2-3-10(9-17)19-12-4-1-6-14-16-12/h1,4-7,10H,2-3,8-9H2/t10-/m0/s1. The molecule has 1 amide bonds. The van der Waals surface area contributed by atoms with Crippen molar-refractivity contribution < 1.29 is 14.1 Å². The highest BCUT2D eigenvalue weighted by atomic mass is 16.5. The lowest BCUT2D eigenvalue weighted by Crippen LogP contribution is -2.44. The Balaban J connectivity index is 1.63. The Morgan fingerprint density at radius 1 is 1.40 bits per heavy atom. The van der Waals surface area contributed by atoms with Crippen molar-refractivity contribution in [3.05, 3.63) is 36.4 Å². The molecule has 1 aliphatic rings. The van der Waals surface area contributed by atoms with Crippen LogP contribution < -0.4 is 4.74 Å². The van der Waals surface area contributed by atoms with E-state index in [9.17, 15) is 4.79 Å². The number of ether oxygens (including phenoxy) is 1. The molecule has 20 heavy (non-hydrogen) atoms. The van der Waals surface area contributed by atoms with E-state index in [0.717, 1.165) is 12.8 Å². The maximum atomic E-state index is 12.2. The van der Waals surface area contributed by atoms with Gasteiger partial charge in [-0.25, -0.2) is 0 Å². The van der Waals surface area contributed by atoms with Crippen LogP contribution in [0, 0.1) is 0 Å². The summed E-state index contributed by atoms with van der Waals surface area (Å²) in [7, 11) is 0. The average Bonchev–Trinajstić information content (AvgIpc) is 3.02. The van der Waals surface area contributed by atoms with Crippen molar-refractivity contribution >= 4 is 5.91 Å². The second-order valence-corrected chi connectivity index (χ2v) is 4.57. The van der Waals surface area contributed by atoms with Crippen LogP contribution in [-0.4, -0.2) is 45.4 Å². The van der Waals surface area contributed by atoms with E-state index in [1.807, 2.05) is 0 Å². The molecule has 1 aliphatic heterocycles. The minimum atomic E-state index is -0.157. The summed E-state index contributed by atoms with van der Waals surface area (Å²) in [5.41, 5.74) is 0. The van der Waals surface area contributed by atoms with Gasteiger partial charge in [0.25, 0.3) is 5.91 Å². The normalized spacial score (nSPS) is 18.8. The molecule has 7 nitrogen and oxygen atoms in total. The maximum absolute atomic E-state index is 12.2. The Hall–Kier alpha value is -2.44. The molecule has 1 atom stereocenters. The molecule has 3 heterocycles. The van der Waals surface area contributed by atoms with Gasteiger partial charge in [-0.1, -0.05) is 5.16 Å². The van der Waals surface area contributed by atoms with Gasteiger partial charge in [-0.05, 0) is 18.9 Å². The molecular formula is C13H14N4O3. The van der Waals surface area contributed by atoms with Crippen LogP contribution in [0.3, 0.4) is 0 Å². The molecule has 1 saturated heterocycles. The Bertz CT molecular complexity index is 558. The number of aromatic nitrogens is 3. The molecule has 104 valence electrons. The molecule has 7 heteroatoms. The molecule has 0 N–H and O–H groups in total. The third-order valence-electron chi connectivity index (χ3n) is 3.15. The molecule has 0 aliphatic carbocycles. The highest BCUT2D eigenvalue weighted by molar-refractivity contribution is 5.91. The zero-order valence-corrected chi connectivity index (χ0v) is 10.8. The van der Waals surface area contributed by atoms with Gasteiger partial charge in [0.05, 0.1) is 12.7 Å². The first-order valence-corrected chi connectivity index (χ1v) is 6.47. The monoisotopic (exact) mass is 274 g/mol. The summed E-state index contributed by atoms with van der Waals surface area (Å²) in [6.07, 6.45) is 4.74. The Labute approximate surface area is 115 Å². The van der Waals surface area contributed by atoms with Gasteiger partial charge in [0.1, 0.15) is 6.10 Å². The summed E-state index contributed by atoms with van der Waals surface area (Å²) >= 11 is 0. The number of carbonyl (C=O) groups excluding carboxylic acids is 1. The van der Waals surface area contributed by atoms with Crippen molar-refractivity contribution in [1.29, 1.82) is 0 Å². The third kappa shape index (κ3) is 2.76. The lowest BCUT2D eigenvalue weighted by atomic mass is 10.1. The predicted molar refractivity (Wildman–Crippen MR) is 68.1 cm³/mol. The average molecular weight is 274 g/mol. The predicted octanol–water partition coefficient (Wildman–Crippen LogP) is 1.15. The smallest absolute Gasteiger partial charge is 0.292 e. The van der Waals surface area contributed by atoms with Crippen LogP contribution in [0.25, 0.3) is 0 Å². The van der Waals surface area contributed by atoms with Crippen molar-refractivity contribution in [2.75, 3.05) is 13.1 Å². The lowest BCUT2D eigenvalue weighted by molar-refractivity contribution is 0.0490. The first-order chi connectivity index (χ1) is 9.83. The van der Waals surface area contributed by atoms with E-state index >= 15 is 0 Å². The van der Waals surface area contributed by atoms with Crippen LogP contribution >= 0.6 is 0 Å². The van der Waals surface area contributed by atoms with Gasteiger partial charge in [0, 0.05) is 24.9 Å². The van der Waals surface area contributed by atoms with Crippen molar-refractivity contribution in [3.8, 4) is 5.88 Å². The number of likely N-dealkylation sites (tertiary alicyclic amines) is 1. The van der Waals surface area contributed by atoms with Gasteiger partial charge in [0.15, 0.2) is 0 Å². The van der Waals surface area contributed by atoms with Crippen molar-refractivity contribution in [1.82, 2.24) is 20.3 Å². The van der Waals surface area contributed by atoms with Crippen molar-refractivity contribution in [3.63, 3.8) is 0 Å². The fourth-order valence-electron chi connectivity index (χ4n) is 2.22. The van der Waals surface area contributed by atoms with E-state index in [2.05, 4.69) is 15.4 Å². The number of piperidine rings is 1. The molecule has 0 bridgehead atoms. The molecule has 0 radical (unpaired) electrons.